The van der Waals surface area contributed by atoms with Crippen molar-refractivity contribution in [3.8, 4) is 17.0 Å². The molecular weight excluding hydrogens is 353 g/mol. The maximum absolute atomic E-state index is 12.6. The Hall–Kier alpha value is -2.82. The van der Waals surface area contributed by atoms with Crippen molar-refractivity contribution in [2.24, 2.45) is 0 Å². The van der Waals surface area contributed by atoms with Gasteiger partial charge in [0.2, 0.25) is 11.8 Å². The Morgan fingerprint density at radius 1 is 1.31 bits per heavy atom. The Kier molecular flexibility index (Phi) is 4.72. The van der Waals surface area contributed by atoms with E-state index in [1.54, 1.807) is 23.0 Å². The van der Waals surface area contributed by atoms with E-state index in [0.717, 1.165) is 4.52 Å². The van der Waals surface area contributed by atoms with Crippen molar-refractivity contribution in [3.05, 3.63) is 24.5 Å². The number of anilines is 1. The van der Waals surface area contributed by atoms with Gasteiger partial charge in [0.1, 0.15) is 6.23 Å². The first-order valence-electron chi connectivity index (χ1n) is 7.79. The maximum Gasteiger partial charge on any atom is 0.422 e. The lowest BCUT2D eigenvalue weighted by molar-refractivity contribution is -0.154. The fraction of sp³-hybridized carbons (Fsp3) is 0.400. The highest BCUT2D eigenvalue weighted by Gasteiger charge is 2.30. The molecule has 0 aliphatic carbocycles. The predicted molar refractivity (Wildman–Crippen MR) is 86.5 cm³/mol. The van der Waals surface area contributed by atoms with E-state index in [9.17, 15) is 13.2 Å². The highest BCUT2D eigenvalue weighted by Crippen LogP contribution is 2.32. The largest absolute Gasteiger partial charge is 0.467 e. The van der Waals surface area contributed by atoms with Crippen molar-refractivity contribution in [2.75, 3.05) is 18.9 Å². The molecule has 0 amide bonds. The van der Waals surface area contributed by atoms with Crippen LogP contribution in [-0.2, 0) is 4.74 Å². The second kappa shape index (κ2) is 6.83. The molecule has 0 aromatic carbocycles. The standard InChI is InChI=1S/C15H17F3N6O2/c1-3-25-9(2)23-7-10(6-20-23)11-4-5-12-21-14(19)22-24(12)13(11)26-8-15(16,17)18/h4-7,9H,3,8H2,1-2H3,(H2,19,22). The third kappa shape index (κ3) is 3.72. The van der Waals surface area contributed by atoms with E-state index in [2.05, 4.69) is 15.2 Å². The molecule has 1 unspecified atom stereocenters. The molecule has 140 valence electrons. The number of nitrogen functional groups attached to an aromatic ring is 1. The van der Waals surface area contributed by atoms with Crippen molar-refractivity contribution >= 4 is 11.6 Å². The Morgan fingerprint density at radius 2 is 2.08 bits per heavy atom. The number of hydrogen-bond donors (Lipinski definition) is 1. The van der Waals surface area contributed by atoms with Crippen LogP contribution < -0.4 is 10.5 Å². The van der Waals surface area contributed by atoms with Crippen LogP contribution in [0.15, 0.2) is 24.5 Å². The minimum atomic E-state index is -4.50. The van der Waals surface area contributed by atoms with Gasteiger partial charge in [-0.3, -0.25) is 0 Å². The van der Waals surface area contributed by atoms with Crippen LogP contribution >= 0.6 is 0 Å². The van der Waals surface area contributed by atoms with Gasteiger partial charge < -0.3 is 15.2 Å². The van der Waals surface area contributed by atoms with Gasteiger partial charge in [-0.05, 0) is 26.0 Å². The van der Waals surface area contributed by atoms with E-state index >= 15 is 0 Å². The molecule has 3 aromatic heterocycles. The lowest BCUT2D eigenvalue weighted by Gasteiger charge is -2.13. The molecule has 0 aliphatic heterocycles. The van der Waals surface area contributed by atoms with Crippen LogP contribution in [0.4, 0.5) is 19.1 Å². The smallest absolute Gasteiger partial charge is 0.422 e. The van der Waals surface area contributed by atoms with Crippen LogP contribution in [0.25, 0.3) is 16.8 Å². The Bertz CT molecular complexity index is 905. The number of nitrogens with two attached hydrogens (primary N) is 1. The number of nitrogens with zero attached hydrogens (tertiary/aromatic N) is 5. The number of halogens is 3. The zero-order valence-corrected chi connectivity index (χ0v) is 14.1. The van der Waals surface area contributed by atoms with E-state index in [1.807, 2.05) is 13.8 Å². The minimum Gasteiger partial charge on any atom is -0.467 e. The third-order valence-electron chi connectivity index (χ3n) is 3.54. The average Bonchev–Trinajstić information content (AvgIpc) is 3.17. The summed E-state index contributed by atoms with van der Waals surface area (Å²) in [5, 5.41) is 8.10. The second-order valence-corrected chi connectivity index (χ2v) is 5.46. The molecule has 0 bridgehead atoms. The molecule has 0 saturated heterocycles. The normalized spacial score (nSPS) is 13.3. The van der Waals surface area contributed by atoms with Crippen molar-refractivity contribution in [3.63, 3.8) is 0 Å². The maximum atomic E-state index is 12.6. The van der Waals surface area contributed by atoms with Crippen LogP contribution in [0.3, 0.4) is 0 Å². The molecular formula is C15H17F3N6O2. The highest BCUT2D eigenvalue weighted by molar-refractivity contribution is 5.70. The van der Waals surface area contributed by atoms with Gasteiger partial charge in [-0.2, -0.15) is 27.8 Å². The van der Waals surface area contributed by atoms with Gasteiger partial charge in [0.05, 0.1) is 6.20 Å². The van der Waals surface area contributed by atoms with Crippen LogP contribution in [0.5, 0.6) is 5.88 Å². The van der Waals surface area contributed by atoms with Gasteiger partial charge in [0, 0.05) is 23.9 Å². The summed E-state index contributed by atoms with van der Waals surface area (Å²) < 4.78 is 51.1. The second-order valence-electron chi connectivity index (χ2n) is 5.46. The molecule has 8 nitrogen and oxygen atoms in total. The SMILES string of the molecule is CCOC(C)n1cc(-c2ccc3nc(N)nn3c2OCC(F)(F)F)cn1. The molecule has 3 rings (SSSR count). The molecule has 0 radical (unpaired) electrons. The lowest BCUT2D eigenvalue weighted by atomic mass is 10.1. The number of aromatic nitrogens is 5. The van der Waals surface area contributed by atoms with Crippen molar-refractivity contribution in [1.82, 2.24) is 24.4 Å². The monoisotopic (exact) mass is 370 g/mol. The summed E-state index contributed by atoms with van der Waals surface area (Å²) >= 11 is 0. The minimum absolute atomic E-state index is 0.0697. The van der Waals surface area contributed by atoms with Crippen LogP contribution in [0.2, 0.25) is 0 Å². The summed E-state index contributed by atoms with van der Waals surface area (Å²) in [6.45, 7) is 2.69. The molecule has 0 fully saturated rings. The molecule has 0 spiro atoms. The summed E-state index contributed by atoms with van der Waals surface area (Å²) in [4.78, 5) is 3.94. The number of rotatable bonds is 6. The van der Waals surface area contributed by atoms with Gasteiger partial charge in [-0.25, -0.2) is 4.68 Å². The highest BCUT2D eigenvalue weighted by atomic mass is 19.4. The van der Waals surface area contributed by atoms with E-state index in [1.165, 1.54) is 6.20 Å². The summed E-state index contributed by atoms with van der Waals surface area (Å²) in [6.07, 6.45) is -1.65. The zero-order valence-electron chi connectivity index (χ0n) is 14.1. The number of ether oxygens (including phenoxy) is 2. The molecule has 1 atom stereocenters. The Balaban J connectivity index is 2.04. The van der Waals surface area contributed by atoms with Crippen LogP contribution in [0, 0.1) is 0 Å². The van der Waals surface area contributed by atoms with E-state index in [0.29, 0.717) is 17.7 Å². The van der Waals surface area contributed by atoms with Gasteiger partial charge in [-0.15, -0.1) is 5.10 Å². The number of alkyl halides is 3. The summed E-state index contributed by atoms with van der Waals surface area (Å²) in [7, 11) is 0. The van der Waals surface area contributed by atoms with Crippen LogP contribution in [-0.4, -0.2) is 43.8 Å². The molecule has 3 aromatic rings. The molecule has 0 saturated carbocycles. The molecule has 2 N–H and O–H groups in total. The molecule has 3 heterocycles. The lowest BCUT2D eigenvalue weighted by Crippen LogP contribution is -2.20. The fourth-order valence-corrected chi connectivity index (χ4v) is 2.44. The van der Waals surface area contributed by atoms with E-state index in [4.69, 9.17) is 15.2 Å². The van der Waals surface area contributed by atoms with Gasteiger partial charge in [0.25, 0.3) is 0 Å². The van der Waals surface area contributed by atoms with E-state index in [-0.39, 0.29) is 23.7 Å². The Morgan fingerprint density at radius 3 is 2.77 bits per heavy atom. The summed E-state index contributed by atoms with van der Waals surface area (Å²) in [5.41, 5.74) is 6.75. The topological polar surface area (TPSA) is 92.5 Å². The zero-order chi connectivity index (χ0) is 18.9. The van der Waals surface area contributed by atoms with Crippen molar-refractivity contribution < 1.29 is 22.6 Å². The molecule has 0 aliphatic rings. The van der Waals surface area contributed by atoms with Gasteiger partial charge >= 0.3 is 6.18 Å². The fourth-order valence-electron chi connectivity index (χ4n) is 2.44. The number of pyridine rings is 1. The summed E-state index contributed by atoms with van der Waals surface area (Å²) in [5.74, 6) is -0.188. The van der Waals surface area contributed by atoms with E-state index < -0.39 is 12.8 Å². The molecule has 11 heteroatoms. The first kappa shape index (κ1) is 18.0. The van der Waals surface area contributed by atoms with Gasteiger partial charge in [0.15, 0.2) is 12.3 Å². The van der Waals surface area contributed by atoms with Crippen molar-refractivity contribution in [2.45, 2.75) is 26.3 Å². The first-order chi connectivity index (χ1) is 12.3. The number of fused-ring (bicyclic) bond motifs is 1. The Labute approximate surface area is 146 Å². The average molecular weight is 370 g/mol. The quantitative estimate of drug-likeness (QED) is 0.717. The van der Waals surface area contributed by atoms with Gasteiger partial charge in [-0.1, -0.05) is 0 Å². The first-order valence-corrected chi connectivity index (χ1v) is 7.79. The predicted octanol–water partition coefficient (Wildman–Crippen LogP) is 2.67. The number of hydrogen-bond acceptors (Lipinski definition) is 6. The molecule has 26 heavy (non-hydrogen) atoms. The van der Waals surface area contributed by atoms with Crippen LogP contribution in [0.1, 0.15) is 20.1 Å². The third-order valence-corrected chi connectivity index (χ3v) is 3.54. The summed E-state index contributed by atoms with van der Waals surface area (Å²) in [6, 6.07) is 3.17. The van der Waals surface area contributed by atoms with Crippen molar-refractivity contribution in [1.29, 1.82) is 0 Å².